The molecule has 5 nitrogen and oxygen atoms in total. The lowest BCUT2D eigenvalue weighted by atomic mass is 10.1. The van der Waals surface area contributed by atoms with E-state index in [0.29, 0.717) is 12.5 Å². The van der Waals surface area contributed by atoms with Gasteiger partial charge in [0, 0.05) is 18.9 Å². The Balaban J connectivity index is 1.80. The molecule has 94 valence electrons. The van der Waals surface area contributed by atoms with Gasteiger partial charge in [-0.3, -0.25) is 4.98 Å². The monoisotopic (exact) mass is 251 g/mol. The topological polar surface area (TPSA) is 63.6 Å². The quantitative estimate of drug-likeness (QED) is 0.774. The molecule has 0 bridgehead atoms. The molecule has 1 aromatic carbocycles. The van der Waals surface area contributed by atoms with E-state index in [-0.39, 0.29) is 0 Å². The van der Waals surface area contributed by atoms with Gasteiger partial charge in [0.15, 0.2) is 0 Å². The van der Waals surface area contributed by atoms with Crippen molar-refractivity contribution in [2.24, 2.45) is 0 Å². The van der Waals surface area contributed by atoms with Crippen LogP contribution in [0.2, 0.25) is 0 Å². The van der Waals surface area contributed by atoms with Crippen molar-refractivity contribution in [1.82, 2.24) is 20.2 Å². The highest BCUT2D eigenvalue weighted by Gasteiger charge is 2.02. The number of nitrogens with zero attached hydrogens (tertiary/aromatic N) is 4. The van der Waals surface area contributed by atoms with Crippen LogP contribution in [0.5, 0.6) is 0 Å². The van der Waals surface area contributed by atoms with Gasteiger partial charge in [-0.2, -0.15) is 0 Å². The summed E-state index contributed by atoms with van der Waals surface area (Å²) in [7, 11) is 0. The van der Waals surface area contributed by atoms with E-state index in [0.717, 1.165) is 16.6 Å². The van der Waals surface area contributed by atoms with Crippen molar-refractivity contribution < 1.29 is 0 Å². The fourth-order valence-electron chi connectivity index (χ4n) is 1.83. The summed E-state index contributed by atoms with van der Waals surface area (Å²) in [5, 5.41) is 11.4. The van der Waals surface area contributed by atoms with E-state index in [4.69, 9.17) is 0 Å². The largest absolute Gasteiger partial charge is 0.349 e. The number of benzene rings is 1. The van der Waals surface area contributed by atoms with Gasteiger partial charge in [0.2, 0.25) is 5.95 Å². The smallest absolute Gasteiger partial charge is 0.243 e. The molecule has 3 aromatic rings. The molecule has 0 atom stereocenters. The molecule has 0 aliphatic rings. The number of aromatic nitrogens is 4. The van der Waals surface area contributed by atoms with Crippen LogP contribution in [0, 0.1) is 6.92 Å². The first kappa shape index (κ1) is 11.5. The van der Waals surface area contributed by atoms with Gasteiger partial charge in [-0.05, 0) is 36.2 Å². The predicted octanol–water partition coefficient (Wildman–Crippen LogP) is 2.34. The van der Waals surface area contributed by atoms with Gasteiger partial charge in [-0.25, -0.2) is 4.98 Å². The summed E-state index contributed by atoms with van der Waals surface area (Å²) in [6.45, 7) is 2.69. The Labute approximate surface area is 110 Å². The van der Waals surface area contributed by atoms with Crippen LogP contribution >= 0.6 is 0 Å². The maximum atomic E-state index is 4.42. The predicted molar refractivity (Wildman–Crippen MR) is 73.6 cm³/mol. The van der Waals surface area contributed by atoms with E-state index in [1.807, 2.05) is 43.5 Å². The number of fused-ring (bicyclic) bond motifs is 1. The lowest BCUT2D eigenvalue weighted by molar-refractivity contribution is 0.976. The molecule has 2 heterocycles. The highest BCUT2D eigenvalue weighted by Crippen LogP contribution is 2.11. The summed E-state index contributed by atoms with van der Waals surface area (Å²) in [6, 6.07) is 9.66. The van der Waals surface area contributed by atoms with Crippen LogP contribution in [0.15, 0.2) is 42.7 Å². The second kappa shape index (κ2) is 4.97. The maximum Gasteiger partial charge on any atom is 0.243 e. The third-order valence-electron chi connectivity index (χ3n) is 2.93. The zero-order valence-electron chi connectivity index (χ0n) is 10.5. The van der Waals surface area contributed by atoms with E-state index >= 15 is 0 Å². The molecular formula is C14H13N5. The molecule has 0 fully saturated rings. The van der Waals surface area contributed by atoms with E-state index in [1.165, 1.54) is 5.56 Å². The summed E-state index contributed by atoms with van der Waals surface area (Å²) < 4.78 is 0. The summed E-state index contributed by atoms with van der Waals surface area (Å²) in [5.41, 5.74) is 3.95. The highest BCUT2D eigenvalue weighted by atomic mass is 15.2. The molecule has 3 rings (SSSR count). The van der Waals surface area contributed by atoms with E-state index in [2.05, 4.69) is 25.5 Å². The summed E-state index contributed by atoms with van der Waals surface area (Å²) in [5.74, 6) is 0.537. The number of aryl methyl sites for hydroxylation is 1. The van der Waals surface area contributed by atoms with Gasteiger partial charge in [0.25, 0.3) is 0 Å². The Morgan fingerprint density at radius 2 is 1.89 bits per heavy atom. The molecule has 0 aliphatic carbocycles. The van der Waals surface area contributed by atoms with Gasteiger partial charge >= 0.3 is 0 Å². The molecule has 0 spiro atoms. The minimum atomic E-state index is 0.537. The Morgan fingerprint density at radius 1 is 1.05 bits per heavy atom. The maximum absolute atomic E-state index is 4.42. The third-order valence-corrected chi connectivity index (χ3v) is 2.93. The molecule has 2 aromatic heterocycles. The molecule has 0 unspecified atom stereocenters. The number of hydrogen-bond acceptors (Lipinski definition) is 5. The van der Waals surface area contributed by atoms with Crippen LogP contribution in [0.1, 0.15) is 11.1 Å². The van der Waals surface area contributed by atoms with Crippen molar-refractivity contribution in [2.45, 2.75) is 13.5 Å². The van der Waals surface area contributed by atoms with Gasteiger partial charge < -0.3 is 5.32 Å². The standard InChI is InChI=1S/C14H13N5/c1-10-8-15-7-6-11(10)9-16-14-17-12-4-2-3-5-13(12)18-19-14/h2-8H,9H2,1H3,(H,16,17,19). The molecule has 0 radical (unpaired) electrons. The number of para-hydroxylation sites is 1. The summed E-state index contributed by atoms with van der Waals surface area (Å²) in [6.07, 6.45) is 3.63. The number of anilines is 1. The van der Waals surface area contributed by atoms with E-state index in [9.17, 15) is 0 Å². The van der Waals surface area contributed by atoms with Crippen LogP contribution in [-0.2, 0) is 6.54 Å². The fourth-order valence-corrected chi connectivity index (χ4v) is 1.83. The zero-order valence-corrected chi connectivity index (χ0v) is 10.5. The Kier molecular flexibility index (Phi) is 3.02. The average Bonchev–Trinajstić information content (AvgIpc) is 2.46. The van der Waals surface area contributed by atoms with E-state index < -0.39 is 0 Å². The van der Waals surface area contributed by atoms with Crippen molar-refractivity contribution in [1.29, 1.82) is 0 Å². The SMILES string of the molecule is Cc1cnccc1CNc1nnc2ccccc2n1. The van der Waals surface area contributed by atoms with Crippen LogP contribution in [0.25, 0.3) is 11.0 Å². The molecule has 0 saturated heterocycles. The molecule has 5 heteroatoms. The molecule has 0 aliphatic heterocycles. The van der Waals surface area contributed by atoms with Crippen LogP contribution in [-0.4, -0.2) is 20.2 Å². The van der Waals surface area contributed by atoms with Crippen molar-refractivity contribution >= 4 is 17.0 Å². The van der Waals surface area contributed by atoms with Gasteiger partial charge in [-0.1, -0.05) is 12.1 Å². The number of hydrogen-bond donors (Lipinski definition) is 1. The normalized spacial score (nSPS) is 10.6. The Hall–Kier alpha value is -2.56. The van der Waals surface area contributed by atoms with Crippen LogP contribution in [0.4, 0.5) is 5.95 Å². The first-order valence-corrected chi connectivity index (χ1v) is 6.06. The van der Waals surface area contributed by atoms with Gasteiger partial charge in [0.1, 0.15) is 5.52 Å². The van der Waals surface area contributed by atoms with Crippen molar-refractivity contribution in [3.8, 4) is 0 Å². The minimum absolute atomic E-state index is 0.537. The lowest BCUT2D eigenvalue weighted by Gasteiger charge is -2.07. The Morgan fingerprint density at radius 3 is 2.74 bits per heavy atom. The summed E-state index contributed by atoms with van der Waals surface area (Å²) >= 11 is 0. The zero-order chi connectivity index (χ0) is 13.1. The molecule has 1 N–H and O–H groups in total. The van der Waals surface area contributed by atoms with Gasteiger partial charge in [-0.15, -0.1) is 10.2 Å². The number of nitrogens with one attached hydrogen (secondary N) is 1. The second-order valence-electron chi connectivity index (χ2n) is 4.28. The molecule has 19 heavy (non-hydrogen) atoms. The van der Waals surface area contributed by atoms with Crippen LogP contribution in [0.3, 0.4) is 0 Å². The van der Waals surface area contributed by atoms with E-state index in [1.54, 1.807) is 6.20 Å². The van der Waals surface area contributed by atoms with Crippen molar-refractivity contribution in [3.63, 3.8) is 0 Å². The second-order valence-corrected chi connectivity index (χ2v) is 4.28. The molecule has 0 saturated carbocycles. The number of rotatable bonds is 3. The van der Waals surface area contributed by atoms with Crippen molar-refractivity contribution in [3.05, 3.63) is 53.9 Å². The van der Waals surface area contributed by atoms with Crippen LogP contribution < -0.4 is 5.32 Å². The molecular weight excluding hydrogens is 238 g/mol. The fraction of sp³-hybridized carbons (Fsp3) is 0.143. The third kappa shape index (κ3) is 2.49. The lowest BCUT2D eigenvalue weighted by Crippen LogP contribution is -2.06. The van der Waals surface area contributed by atoms with Crippen molar-refractivity contribution in [2.75, 3.05) is 5.32 Å². The Bertz CT molecular complexity index is 711. The highest BCUT2D eigenvalue weighted by molar-refractivity contribution is 5.74. The minimum Gasteiger partial charge on any atom is -0.349 e. The number of pyridine rings is 1. The molecule has 0 amide bonds. The first-order valence-electron chi connectivity index (χ1n) is 6.06. The first-order chi connectivity index (χ1) is 9.33. The summed E-state index contributed by atoms with van der Waals surface area (Å²) in [4.78, 5) is 8.49. The van der Waals surface area contributed by atoms with Gasteiger partial charge in [0.05, 0.1) is 5.52 Å². The average molecular weight is 251 g/mol.